The van der Waals surface area contributed by atoms with Crippen molar-refractivity contribution < 1.29 is 4.79 Å². The van der Waals surface area contributed by atoms with Crippen molar-refractivity contribution >= 4 is 16.7 Å². The zero-order chi connectivity index (χ0) is 19.1. The Hall–Kier alpha value is -3.47. The van der Waals surface area contributed by atoms with E-state index >= 15 is 0 Å². The monoisotopic (exact) mass is 368 g/mol. The molecule has 1 amide bonds. The molecule has 2 aromatic heterocycles. The van der Waals surface area contributed by atoms with Gasteiger partial charge in [0, 0.05) is 42.5 Å². The molecule has 4 aromatic rings. The predicted octanol–water partition coefficient (Wildman–Crippen LogP) is 3.83. The van der Waals surface area contributed by atoms with Gasteiger partial charge in [-0.1, -0.05) is 54.6 Å². The standard InChI is InChI=1S/C23H20N4O/c1-26-22(16-7-3-2-4-8-16)19-11-12-27(15-21(19)25-26)23(28)20-14-24-13-17-9-5-6-10-18(17)20/h2-10,13-14H,11-12,15H2,1H3. The van der Waals surface area contributed by atoms with E-state index in [9.17, 15) is 4.79 Å². The van der Waals surface area contributed by atoms with Crippen LogP contribution in [0.4, 0.5) is 0 Å². The van der Waals surface area contributed by atoms with E-state index in [1.165, 1.54) is 5.56 Å². The molecule has 0 fully saturated rings. The number of rotatable bonds is 2. The fourth-order valence-corrected chi connectivity index (χ4v) is 4.11. The molecule has 0 saturated carbocycles. The smallest absolute Gasteiger partial charge is 0.256 e. The number of aromatic nitrogens is 3. The van der Waals surface area contributed by atoms with E-state index in [0.29, 0.717) is 18.7 Å². The second kappa shape index (κ2) is 6.60. The topological polar surface area (TPSA) is 51.0 Å². The van der Waals surface area contributed by atoms with Crippen LogP contribution < -0.4 is 0 Å². The first-order valence-corrected chi connectivity index (χ1v) is 9.44. The van der Waals surface area contributed by atoms with Crippen LogP contribution in [-0.4, -0.2) is 32.1 Å². The van der Waals surface area contributed by atoms with E-state index in [2.05, 4.69) is 17.1 Å². The van der Waals surface area contributed by atoms with E-state index in [0.717, 1.165) is 34.1 Å². The molecule has 0 N–H and O–H groups in total. The lowest BCUT2D eigenvalue weighted by Gasteiger charge is -2.27. The van der Waals surface area contributed by atoms with Gasteiger partial charge in [0.2, 0.25) is 0 Å². The third kappa shape index (κ3) is 2.67. The van der Waals surface area contributed by atoms with Crippen LogP contribution in [0.2, 0.25) is 0 Å². The molecule has 0 atom stereocenters. The highest BCUT2D eigenvalue weighted by Gasteiger charge is 2.28. The molecule has 0 radical (unpaired) electrons. The molecule has 0 aliphatic carbocycles. The molecule has 28 heavy (non-hydrogen) atoms. The zero-order valence-corrected chi connectivity index (χ0v) is 15.7. The molecule has 1 aliphatic rings. The van der Waals surface area contributed by atoms with Crippen LogP contribution in [0.3, 0.4) is 0 Å². The maximum absolute atomic E-state index is 13.2. The number of fused-ring (bicyclic) bond motifs is 2. The van der Waals surface area contributed by atoms with Crippen LogP contribution in [0.15, 0.2) is 67.0 Å². The average molecular weight is 368 g/mol. The number of hydrogen-bond donors (Lipinski definition) is 0. The number of carbonyl (C=O) groups is 1. The van der Waals surface area contributed by atoms with Crippen LogP contribution in [0.5, 0.6) is 0 Å². The molecule has 5 rings (SSSR count). The van der Waals surface area contributed by atoms with Crippen molar-refractivity contribution in [3.05, 3.63) is 83.8 Å². The van der Waals surface area contributed by atoms with Gasteiger partial charge in [-0.25, -0.2) is 0 Å². The summed E-state index contributed by atoms with van der Waals surface area (Å²) < 4.78 is 1.94. The van der Waals surface area contributed by atoms with Gasteiger partial charge in [-0.05, 0) is 11.8 Å². The van der Waals surface area contributed by atoms with Crippen LogP contribution in [0, 0.1) is 0 Å². The normalized spacial score (nSPS) is 13.5. The molecular formula is C23H20N4O. The van der Waals surface area contributed by atoms with Crippen molar-refractivity contribution in [3.8, 4) is 11.3 Å². The second-order valence-electron chi connectivity index (χ2n) is 7.15. The van der Waals surface area contributed by atoms with Crippen molar-refractivity contribution in [3.63, 3.8) is 0 Å². The number of pyridine rings is 1. The van der Waals surface area contributed by atoms with Gasteiger partial charge in [0.05, 0.1) is 23.5 Å². The summed E-state index contributed by atoms with van der Waals surface area (Å²) in [4.78, 5) is 19.4. The lowest BCUT2D eigenvalue weighted by Crippen LogP contribution is -2.36. The highest BCUT2D eigenvalue weighted by Crippen LogP contribution is 2.30. The SMILES string of the molecule is Cn1nc2c(c1-c1ccccc1)CCN(C(=O)c1cncc3ccccc13)C2. The summed E-state index contributed by atoms with van der Waals surface area (Å²) in [5.74, 6) is 0.0156. The Morgan fingerprint density at radius 3 is 2.64 bits per heavy atom. The minimum Gasteiger partial charge on any atom is -0.332 e. The van der Waals surface area contributed by atoms with Crippen molar-refractivity contribution in [2.75, 3.05) is 6.54 Å². The Labute approximate surface area is 163 Å². The predicted molar refractivity (Wildman–Crippen MR) is 109 cm³/mol. The zero-order valence-electron chi connectivity index (χ0n) is 15.7. The number of aryl methyl sites for hydroxylation is 1. The fraction of sp³-hybridized carbons (Fsp3) is 0.174. The highest BCUT2D eigenvalue weighted by atomic mass is 16.2. The Bertz CT molecular complexity index is 1170. The van der Waals surface area contributed by atoms with Crippen LogP contribution >= 0.6 is 0 Å². The average Bonchev–Trinajstić information content (AvgIpc) is 3.08. The van der Waals surface area contributed by atoms with Gasteiger partial charge in [-0.2, -0.15) is 5.10 Å². The van der Waals surface area contributed by atoms with E-state index < -0.39 is 0 Å². The summed E-state index contributed by atoms with van der Waals surface area (Å²) in [5.41, 5.74) is 5.19. The molecular weight excluding hydrogens is 348 g/mol. The van der Waals surface area contributed by atoms with Gasteiger partial charge < -0.3 is 4.90 Å². The Kier molecular flexibility index (Phi) is 3.93. The van der Waals surface area contributed by atoms with Crippen LogP contribution in [-0.2, 0) is 20.0 Å². The summed E-state index contributed by atoms with van der Waals surface area (Å²) >= 11 is 0. The van der Waals surface area contributed by atoms with Crippen LogP contribution in [0.1, 0.15) is 21.6 Å². The maximum atomic E-state index is 13.2. The molecule has 138 valence electrons. The summed E-state index contributed by atoms with van der Waals surface area (Å²) in [7, 11) is 1.97. The fourth-order valence-electron chi connectivity index (χ4n) is 4.11. The van der Waals surface area contributed by atoms with Gasteiger partial charge in [-0.15, -0.1) is 0 Å². The molecule has 1 aliphatic heterocycles. The number of benzene rings is 2. The van der Waals surface area contributed by atoms with Gasteiger partial charge in [0.25, 0.3) is 5.91 Å². The summed E-state index contributed by atoms with van der Waals surface area (Å²) in [6, 6.07) is 18.2. The quantitative estimate of drug-likeness (QED) is 0.540. The summed E-state index contributed by atoms with van der Waals surface area (Å²) in [6.07, 6.45) is 4.27. The van der Waals surface area contributed by atoms with E-state index in [1.54, 1.807) is 12.4 Å². The van der Waals surface area contributed by atoms with Gasteiger partial charge >= 0.3 is 0 Å². The van der Waals surface area contributed by atoms with Crippen molar-refractivity contribution in [2.24, 2.45) is 7.05 Å². The molecule has 5 heteroatoms. The highest BCUT2D eigenvalue weighted by molar-refractivity contribution is 6.06. The third-order valence-electron chi connectivity index (χ3n) is 5.43. The molecule has 2 aromatic carbocycles. The minimum absolute atomic E-state index is 0.0156. The van der Waals surface area contributed by atoms with Gasteiger partial charge in [-0.3, -0.25) is 14.5 Å². The Balaban J connectivity index is 1.49. The number of amides is 1. The lowest BCUT2D eigenvalue weighted by atomic mass is 9.99. The minimum atomic E-state index is 0.0156. The van der Waals surface area contributed by atoms with E-state index in [4.69, 9.17) is 5.10 Å². The molecule has 0 bridgehead atoms. The van der Waals surface area contributed by atoms with Crippen molar-refractivity contribution in [1.29, 1.82) is 0 Å². The molecule has 0 unspecified atom stereocenters. The molecule has 5 nitrogen and oxygen atoms in total. The van der Waals surface area contributed by atoms with E-state index in [1.807, 2.05) is 59.1 Å². The van der Waals surface area contributed by atoms with Gasteiger partial charge in [0.15, 0.2) is 0 Å². The first-order chi connectivity index (χ1) is 13.7. The first kappa shape index (κ1) is 16.7. The third-order valence-corrected chi connectivity index (χ3v) is 5.43. The second-order valence-corrected chi connectivity index (χ2v) is 7.15. The molecule has 0 saturated heterocycles. The molecule has 0 spiro atoms. The van der Waals surface area contributed by atoms with Crippen LogP contribution in [0.25, 0.3) is 22.0 Å². The Morgan fingerprint density at radius 2 is 1.79 bits per heavy atom. The largest absolute Gasteiger partial charge is 0.332 e. The van der Waals surface area contributed by atoms with Crippen molar-refractivity contribution in [1.82, 2.24) is 19.7 Å². The molecule has 3 heterocycles. The Morgan fingerprint density at radius 1 is 1.00 bits per heavy atom. The first-order valence-electron chi connectivity index (χ1n) is 9.44. The maximum Gasteiger partial charge on any atom is 0.256 e. The summed E-state index contributed by atoms with van der Waals surface area (Å²) in [6.45, 7) is 1.21. The van der Waals surface area contributed by atoms with Gasteiger partial charge in [0.1, 0.15) is 0 Å². The number of nitrogens with zero attached hydrogens (tertiary/aromatic N) is 4. The van der Waals surface area contributed by atoms with Crippen molar-refractivity contribution in [2.45, 2.75) is 13.0 Å². The summed E-state index contributed by atoms with van der Waals surface area (Å²) in [5, 5.41) is 6.65. The number of hydrogen-bond acceptors (Lipinski definition) is 3. The number of carbonyl (C=O) groups excluding carboxylic acids is 1. The lowest BCUT2D eigenvalue weighted by molar-refractivity contribution is 0.0734. The van der Waals surface area contributed by atoms with E-state index in [-0.39, 0.29) is 5.91 Å².